The highest BCUT2D eigenvalue weighted by molar-refractivity contribution is 9.10. The number of aryl methyl sites for hydroxylation is 2. The maximum absolute atomic E-state index is 6.39. The summed E-state index contributed by atoms with van der Waals surface area (Å²) in [6.07, 6.45) is 1.95. The molecule has 3 nitrogen and oxygen atoms in total. The molecule has 1 aromatic rings. The molecule has 0 saturated heterocycles. The lowest BCUT2D eigenvalue weighted by Crippen LogP contribution is -2.45. The van der Waals surface area contributed by atoms with E-state index in [4.69, 9.17) is 5.73 Å². The number of halogens is 1. The van der Waals surface area contributed by atoms with E-state index in [1.165, 1.54) is 5.69 Å². The summed E-state index contributed by atoms with van der Waals surface area (Å²) in [4.78, 5) is 0. The summed E-state index contributed by atoms with van der Waals surface area (Å²) in [7, 11) is 1.97. The van der Waals surface area contributed by atoms with Gasteiger partial charge in [-0.05, 0) is 35.7 Å². The molecule has 0 aliphatic carbocycles. The van der Waals surface area contributed by atoms with Gasteiger partial charge in [-0.1, -0.05) is 20.3 Å². The van der Waals surface area contributed by atoms with Crippen molar-refractivity contribution in [1.29, 1.82) is 0 Å². The Kier molecular flexibility index (Phi) is 4.18. The molecular weight excluding hydrogens is 266 g/mol. The average Bonchev–Trinajstić information content (AvgIpc) is 2.43. The van der Waals surface area contributed by atoms with E-state index in [0.717, 1.165) is 23.0 Å². The molecular formula is C12H22BrN3. The van der Waals surface area contributed by atoms with E-state index in [1.807, 2.05) is 18.7 Å². The Morgan fingerprint density at radius 2 is 2.12 bits per heavy atom. The highest BCUT2D eigenvalue weighted by atomic mass is 79.9. The molecule has 4 heteroatoms. The fourth-order valence-corrected chi connectivity index (χ4v) is 2.35. The molecule has 0 aromatic carbocycles. The summed E-state index contributed by atoms with van der Waals surface area (Å²) in [5.74, 6) is 0.495. The molecule has 2 N–H and O–H groups in total. The number of hydrogen-bond acceptors (Lipinski definition) is 2. The fourth-order valence-electron chi connectivity index (χ4n) is 1.87. The molecule has 0 fully saturated rings. The average molecular weight is 288 g/mol. The molecule has 2 unspecified atom stereocenters. The van der Waals surface area contributed by atoms with Crippen LogP contribution < -0.4 is 5.73 Å². The molecule has 0 amide bonds. The van der Waals surface area contributed by atoms with Crippen LogP contribution in [0.3, 0.4) is 0 Å². The normalized spacial score (nSPS) is 17.2. The van der Waals surface area contributed by atoms with Crippen LogP contribution >= 0.6 is 15.9 Å². The van der Waals surface area contributed by atoms with Gasteiger partial charge in [-0.25, -0.2) is 0 Å². The van der Waals surface area contributed by atoms with Crippen molar-refractivity contribution in [2.45, 2.75) is 46.1 Å². The van der Waals surface area contributed by atoms with Gasteiger partial charge in [-0.15, -0.1) is 0 Å². The third-order valence-corrected chi connectivity index (χ3v) is 4.58. The number of hydrogen-bond donors (Lipinski definition) is 1. The maximum atomic E-state index is 6.39. The van der Waals surface area contributed by atoms with E-state index >= 15 is 0 Å². The van der Waals surface area contributed by atoms with Crippen molar-refractivity contribution in [3.8, 4) is 0 Å². The quantitative estimate of drug-likeness (QED) is 0.926. The van der Waals surface area contributed by atoms with Gasteiger partial charge >= 0.3 is 0 Å². The van der Waals surface area contributed by atoms with E-state index in [1.54, 1.807) is 0 Å². The van der Waals surface area contributed by atoms with Crippen molar-refractivity contribution >= 4 is 15.9 Å². The number of rotatable bonds is 4. The van der Waals surface area contributed by atoms with Crippen molar-refractivity contribution < 1.29 is 0 Å². The molecule has 92 valence electrons. The predicted octanol–water partition coefficient (Wildman–Crippen LogP) is 2.80. The van der Waals surface area contributed by atoms with Crippen molar-refractivity contribution in [3.05, 3.63) is 15.9 Å². The van der Waals surface area contributed by atoms with Crippen LogP contribution in [0.4, 0.5) is 0 Å². The largest absolute Gasteiger partial charge is 0.325 e. The van der Waals surface area contributed by atoms with E-state index < -0.39 is 0 Å². The Hall–Kier alpha value is -0.350. The van der Waals surface area contributed by atoms with Crippen LogP contribution in [0.15, 0.2) is 4.47 Å². The molecule has 0 radical (unpaired) electrons. The minimum Gasteiger partial charge on any atom is -0.325 e. The standard InChI is InChI=1S/C12H22BrN3/c1-6-8(2)12(4,14)7-10-11(13)9(3)15-16(10)5/h8H,6-7,14H2,1-5H3. The lowest BCUT2D eigenvalue weighted by molar-refractivity contribution is 0.300. The zero-order chi connectivity index (χ0) is 12.5. The highest BCUT2D eigenvalue weighted by Crippen LogP contribution is 2.27. The number of nitrogens with two attached hydrogens (primary N) is 1. The van der Waals surface area contributed by atoms with E-state index in [9.17, 15) is 0 Å². The molecule has 1 heterocycles. The van der Waals surface area contributed by atoms with E-state index in [-0.39, 0.29) is 5.54 Å². The zero-order valence-corrected chi connectivity index (χ0v) is 12.4. The SMILES string of the molecule is CCC(C)C(C)(N)Cc1c(Br)c(C)nn1C. The Morgan fingerprint density at radius 1 is 1.56 bits per heavy atom. The van der Waals surface area contributed by atoms with Crippen LogP contribution in [0.1, 0.15) is 38.6 Å². The fraction of sp³-hybridized carbons (Fsp3) is 0.750. The smallest absolute Gasteiger partial charge is 0.0738 e. The first-order valence-electron chi connectivity index (χ1n) is 5.76. The first-order valence-corrected chi connectivity index (χ1v) is 6.55. The molecule has 1 aromatic heterocycles. The van der Waals surface area contributed by atoms with Crippen LogP contribution in [-0.2, 0) is 13.5 Å². The van der Waals surface area contributed by atoms with Gasteiger partial charge in [-0.2, -0.15) is 5.10 Å². The van der Waals surface area contributed by atoms with Gasteiger partial charge in [0.15, 0.2) is 0 Å². The summed E-state index contributed by atoms with van der Waals surface area (Å²) < 4.78 is 3.02. The first kappa shape index (κ1) is 13.7. The van der Waals surface area contributed by atoms with E-state index in [2.05, 4.69) is 41.8 Å². The number of nitrogens with zero attached hydrogens (tertiary/aromatic N) is 2. The molecule has 1 rings (SSSR count). The van der Waals surface area contributed by atoms with Gasteiger partial charge in [0.2, 0.25) is 0 Å². The summed E-state index contributed by atoms with van der Waals surface area (Å²) in [5.41, 5.74) is 8.41. The van der Waals surface area contributed by atoms with Gasteiger partial charge < -0.3 is 5.73 Å². The van der Waals surface area contributed by atoms with Crippen molar-refractivity contribution in [2.24, 2.45) is 18.7 Å². The topological polar surface area (TPSA) is 43.8 Å². The highest BCUT2D eigenvalue weighted by Gasteiger charge is 2.28. The lowest BCUT2D eigenvalue weighted by Gasteiger charge is -2.31. The molecule has 16 heavy (non-hydrogen) atoms. The summed E-state index contributed by atoms with van der Waals surface area (Å²) in [5, 5.41) is 4.39. The monoisotopic (exact) mass is 287 g/mol. The molecule has 2 atom stereocenters. The van der Waals surface area contributed by atoms with Gasteiger partial charge in [0.1, 0.15) is 0 Å². The minimum absolute atomic E-state index is 0.183. The minimum atomic E-state index is -0.183. The molecule has 0 saturated carbocycles. The van der Waals surface area contributed by atoms with Gasteiger partial charge in [0.05, 0.1) is 15.9 Å². The zero-order valence-electron chi connectivity index (χ0n) is 10.8. The van der Waals surface area contributed by atoms with Crippen molar-refractivity contribution in [2.75, 3.05) is 0 Å². The van der Waals surface area contributed by atoms with Crippen LogP contribution in [-0.4, -0.2) is 15.3 Å². The maximum Gasteiger partial charge on any atom is 0.0738 e. The first-order chi connectivity index (χ1) is 7.29. The molecule has 0 bridgehead atoms. The second kappa shape index (κ2) is 4.88. The van der Waals surface area contributed by atoms with Crippen LogP contribution in [0.5, 0.6) is 0 Å². The van der Waals surface area contributed by atoms with Gasteiger partial charge in [0.25, 0.3) is 0 Å². The third-order valence-electron chi connectivity index (χ3n) is 3.55. The van der Waals surface area contributed by atoms with Crippen LogP contribution in [0.2, 0.25) is 0 Å². The lowest BCUT2D eigenvalue weighted by atomic mass is 9.82. The van der Waals surface area contributed by atoms with Gasteiger partial charge in [0, 0.05) is 19.0 Å². The number of aromatic nitrogens is 2. The Labute approximate surface area is 107 Å². The molecule has 0 aliphatic heterocycles. The second-order valence-electron chi connectivity index (χ2n) is 4.96. The Morgan fingerprint density at radius 3 is 2.50 bits per heavy atom. The predicted molar refractivity (Wildman–Crippen MR) is 71.4 cm³/mol. The van der Waals surface area contributed by atoms with Crippen LogP contribution in [0.25, 0.3) is 0 Å². The van der Waals surface area contributed by atoms with E-state index in [0.29, 0.717) is 5.92 Å². The molecule has 0 aliphatic rings. The summed E-state index contributed by atoms with van der Waals surface area (Å²) in [6, 6.07) is 0. The van der Waals surface area contributed by atoms with Crippen molar-refractivity contribution in [3.63, 3.8) is 0 Å². The van der Waals surface area contributed by atoms with Gasteiger partial charge in [-0.3, -0.25) is 4.68 Å². The third kappa shape index (κ3) is 2.66. The second-order valence-corrected chi connectivity index (χ2v) is 5.75. The Bertz CT molecular complexity index is 369. The summed E-state index contributed by atoms with van der Waals surface area (Å²) >= 11 is 3.59. The Balaban J connectivity index is 2.96. The van der Waals surface area contributed by atoms with Crippen LogP contribution in [0, 0.1) is 12.8 Å². The van der Waals surface area contributed by atoms with Crippen molar-refractivity contribution in [1.82, 2.24) is 9.78 Å². The summed E-state index contributed by atoms with van der Waals surface area (Å²) in [6.45, 7) is 8.51. The molecule has 0 spiro atoms.